The molecule has 0 N–H and O–H groups in total. The average Bonchev–Trinajstić information content (AvgIpc) is 2.96. The molecule has 5 heteroatoms. The Bertz CT molecular complexity index is 464. The van der Waals surface area contributed by atoms with Crippen molar-refractivity contribution in [3.05, 3.63) is 16.1 Å². The van der Waals surface area contributed by atoms with Gasteiger partial charge in [-0.2, -0.15) is 0 Å². The third kappa shape index (κ3) is 3.64. The quantitative estimate of drug-likeness (QED) is 0.680. The molecule has 0 unspecified atom stereocenters. The van der Waals surface area contributed by atoms with E-state index >= 15 is 0 Å². The molecule has 1 heterocycles. The van der Waals surface area contributed by atoms with Gasteiger partial charge in [-0.15, -0.1) is 11.3 Å². The number of rotatable bonds is 8. The lowest BCUT2D eigenvalue weighted by Crippen LogP contribution is -2.32. The maximum atomic E-state index is 12.1. The van der Waals surface area contributed by atoms with E-state index in [0.717, 1.165) is 23.5 Å². The number of carbonyl (C=O) groups is 1. The summed E-state index contributed by atoms with van der Waals surface area (Å²) in [6.07, 6.45) is 1.73. The maximum absolute atomic E-state index is 12.1. The molecule has 0 spiro atoms. The average molecular weight is 313 g/mol. The fourth-order valence-corrected chi connectivity index (χ4v) is 3.56. The van der Waals surface area contributed by atoms with Gasteiger partial charge in [0.25, 0.3) is 0 Å². The van der Waals surface area contributed by atoms with Crippen LogP contribution in [0, 0.1) is 0 Å². The van der Waals surface area contributed by atoms with Gasteiger partial charge < -0.3 is 9.47 Å². The van der Waals surface area contributed by atoms with E-state index < -0.39 is 5.41 Å². The molecule has 4 nitrogen and oxygen atoms in total. The Morgan fingerprint density at radius 3 is 2.29 bits per heavy atom. The van der Waals surface area contributed by atoms with E-state index in [1.54, 1.807) is 11.3 Å². The molecule has 0 atom stereocenters. The van der Waals surface area contributed by atoms with Gasteiger partial charge in [-0.05, 0) is 40.5 Å². The van der Waals surface area contributed by atoms with Gasteiger partial charge in [0.2, 0.25) is 0 Å². The van der Waals surface area contributed by atoms with Crippen LogP contribution in [0.5, 0.6) is 0 Å². The highest BCUT2D eigenvalue weighted by molar-refractivity contribution is 7.09. The van der Waals surface area contributed by atoms with Crippen molar-refractivity contribution >= 4 is 17.3 Å². The van der Waals surface area contributed by atoms with Crippen molar-refractivity contribution in [3.63, 3.8) is 0 Å². The summed E-state index contributed by atoms with van der Waals surface area (Å²) in [4.78, 5) is 16.8. The summed E-state index contributed by atoms with van der Waals surface area (Å²) in [5, 5.41) is 2.90. The van der Waals surface area contributed by atoms with Crippen LogP contribution in [0.3, 0.4) is 0 Å². The third-order valence-electron chi connectivity index (χ3n) is 3.88. The molecule has 0 aliphatic rings. The van der Waals surface area contributed by atoms with Crippen molar-refractivity contribution in [1.82, 2.24) is 4.98 Å². The second-order valence-electron chi connectivity index (χ2n) is 5.52. The van der Waals surface area contributed by atoms with Gasteiger partial charge in [-0.3, -0.25) is 4.79 Å². The standard InChI is InChI=1S/C16H27NO3S/c1-7-16(8-2,20-10-4)13-17-12(11-21-13)15(5,6)14(18)19-9-3/h11H,7-10H2,1-6H3. The summed E-state index contributed by atoms with van der Waals surface area (Å²) in [6, 6.07) is 0. The van der Waals surface area contributed by atoms with Crippen LogP contribution in [-0.4, -0.2) is 24.2 Å². The second kappa shape index (κ2) is 7.36. The van der Waals surface area contributed by atoms with E-state index in [-0.39, 0.29) is 11.6 Å². The molecule has 0 amide bonds. The number of hydrogen-bond donors (Lipinski definition) is 0. The van der Waals surface area contributed by atoms with Crippen LogP contribution in [0.2, 0.25) is 0 Å². The number of aromatic nitrogens is 1. The minimum absolute atomic E-state index is 0.239. The summed E-state index contributed by atoms with van der Waals surface area (Å²) in [7, 11) is 0. The van der Waals surface area contributed by atoms with E-state index in [9.17, 15) is 4.79 Å². The Morgan fingerprint density at radius 2 is 1.81 bits per heavy atom. The number of thiazole rings is 1. The molecule has 120 valence electrons. The minimum atomic E-state index is -0.732. The first-order chi connectivity index (χ1) is 9.87. The van der Waals surface area contributed by atoms with Crippen LogP contribution in [0.25, 0.3) is 0 Å². The molecule has 0 fully saturated rings. The zero-order valence-corrected chi connectivity index (χ0v) is 14.8. The zero-order chi connectivity index (χ0) is 16.1. The third-order valence-corrected chi connectivity index (χ3v) is 4.91. The first kappa shape index (κ1) is 18.1. The van der Waals surface area contributed by atoms with Gasteiger partial charge in [-0.1, -0.05) is 13.8 Å². The van der Waals surface area contributed by atoms with Crippen LogP contribution in [-0.2, 0) is 25.3 Å². The summed E-state index contributed by atoms with van der Waals surface area (Å²) in [5.74, 6) is -0.239. The van der Waals surface area contributed by atoms with Crippen molar-refractivity contribution in [2.45, 2.75) is 65.4 Å². The molecule has 0 saturated heterocycles. The van der Waals surface area contributed by atoms with E-state index in [2.05, 4.69) is 13.8 Å². The smallest absolute Gasteiger partial charge is 0.317 e. The van der Waals surface area contributed by atoms with Gasteiger partial charge in [0, 0.05) is 12.0 Å². The molecule has 0 saturated carbocycles. The van der Waals surface area contributed by atoms with Crippen LogP contribution in [0.15, 0.2) is 5.38 Å². The van der Waals surface area contributed by atoms with Crippen LogP contribution in [0.4, 0.5) is 0 Å². The molecule has 1 rings (SSSR count). The van der Waals surface area contributed by atoms with Crippen LogP contribution >= 0.6 is 11.3 Å². The lowest BCUT2D eigenvalue weighted by molar-refractivity contribution is -0.148. The Labute approximate surface area is 131 Å². The lowest BCUT2D eigenvalue weighted by atomic mass is 9.90. The Hall–Kier alpha value is -0.940. The molecular weight excluding hydrogens is 286 g/mol. The molecular formula is C16H27NO3S. The predicted molar refractivity (Wildman–Crippen MR) is 85.7 cm³/mol. The fourth-order valence-electron chi connectivity index (χ4n) is 2.28. The second-order valence-corrected chi connectivity index (χ2v) is 6.38. The number of carbonyl (C=O) groups excluding carboxylic acids is 1. The maximum Gasteiger partial charge on any atom is 0.317 e. The van der Waals surface area contributed by atoms with E-state index in [1.807, 2.05) is 33.1 Å². The van der Waals surface area contributed by atoms with Crippen molar-refractivity contribution in [2.75, 3.05) is 13.2 Å². The Morgan fingerprint density at radius 1 is 1.19 bits per heavy atom. The molecule has 0 aliphatic heterocycles. The van der Waals surface area contributed by atoms with Crippen LogP contribution in [0.1, 0.15) is 65.1 Å². The molecule has 0 aromatic carbocycles. The van der Waals surface area contributed by atoms with Crippen molar-refractivity contribution in [3.8, 4) is 0 Å². The zero-order valence-electron chi connectivity index (χ0n) is 14.0. The summed E-state index contributed by atoms with van der Waals surface area (Å²) >= 11 is 1.56. The van der Waals surface area contributed by atoms with Gasteiger partial charge in [0.15, 0.2) is 0 Å². The van der Waals surface area contributed by atoms with Crippen molar-refractivity contribution in [2.24, 2.45) is 0 Å². The highest BCUT2D eigenvalue weighted by atomic mass is 32.1. The van der Waals surface area contributed by atoms with Gasteiger partial charge >= 0.3 is 5.97 Å². The Kier molecular flexibility index (Phi) is 6.35. The highest BCUT2D eigenvalue weighted by Crippen LogP contribution is 2.37. The number of esters is 1. The summed E-state index contributed by atoms with van der Waals surface area (Å²) in [5.41, 5.74) is -0.320. The number of hydrogen-bond acceptors (Lipinski definition) is 5. The topological polar surface area (TPSA) is 48.4 Å². The normalized spacial score (nSPS) is 12.5. The SMILES string of the molecule is CCOC(=O)C(C)(C)c1csc(C(CC)(CC)OCC)n1. The van der Waals surface area contributed by atoms with Crippen molar-refractivity contribution in [1.29, 1.82) is 0 Å². The molecule has 0 bridgehead atoms. The van der Waals surface area contributed by atoms with Gasteiger partial charge in [-0.25, -0.2) is 4.98 Å². The first-order valence-electron chi connectivity index (χ1n) is 7.65. The van der Waals surface area contributed by atoms with Crippen LogP contribution < -0.4 is 0 Å². The minimum Gasteiger partial charge on any atom is -0.465 e. The lowest BCUT2D eigenvalue weighted by Gasteiger charge is -2.29. The van der Waals surface area contributed by atoms with E-state index in [0.29, 0.717) is 13.2 Å². The summed E-state index contributed by atoms with van der Waals surface area (Å²) in [6.45, 7) is 12.8. The van der Waals surface area contributed by atoms with Crippen molar-refractivity contribution < 1.29 is 14.3 Å². The molecule has 1 aromatic rings. The summed E-state index contributed by atoms with van der Waals surface area (Å²) < 4.78 is 11.1. The molecule has 21 heavy (non-hydrogen) atoms. The molecule has 0 aliphatic carbocycles. The monoisotopic (exact) mass is 313 g/mol. The highest BCUT2D eigenvalue weighted by Gasteiger charge is 2.38. The molecule has 0 radical (unpaired) electrons. The number of ether oxygens (including phenoxy) is 2. The predicted octanol–water partition coefficient (Wildman–Crippen LogP) is 4.04. The molecule has 1 aromatic heterocycles. The Balaban J connectivity index is 3.12. The first-order valence-corrected chi connectivity index (χ1v) is 8.53. The van der Waals surface area contributed by atoms with Gasteiger partial charge in [0.05, 0.1) is 12.3 Å². The number of nitrogens with zero attached hydrogens (tertiary/aromatic N) is 1. The van der Waals surface area contributed by atoms with E-state index in [4.69, 9.17) is 14.5 Å². The van der Waals surface area contributed by atoms with E-state index in [1.165, 1.54) is 0 Å². The van der Waals surface area contributed by atoms with Gasteiger partial charge in [0.1, 0.15) is 16.0 Å². The fraction of sp³-hybridized carbons (Fsp3) is 0.750. The largest absolute Gasteiger partial charge is 0.465 e.